The summed E-state index contributed by atoms with van der Waals surface area (Å²) in [5.41, 5.74) is 1.13. The number of nitrogens with zero attached hydrogens (tertiary/aromatic N) is 2. The van der Waals surface area contributed by atoms with Crippen LogP contribution in [-0.2, 0) is 11.3 Å². The Morgan fingerprint density at radius 2 is 2.19 bits per heavy atom. The molecule has 0 aromatic carbocycles. The van der Waals surface area contributed by atoms with Gasteiger partial charge in [0.2, 0.25) is 0 Å². The first kappa shape index (κ1) is 14.6. The van der Waals surface area contributed by atoms with Crippen molar-refractivity contribution in [1.82, 2.24) is 9.47 Å². The molecule has 1 fully saturated rings. The second-order valence-corrected chi connectivity index (χ2v) is 7.14. The summed E-state index contributed by atoms with van der Waals surface area (Å²) in [5, 5.41) is 10.5. The number of carbonyl (C=O) groups is 1. The lowest BCUT2D eigenvalue weighted by Gasteiger charge is -2.43. The molecule has 0 N–H and O–H groups in total. The molecule has 1 aromatic heterocycles. The summed E-state index contributed by atoms with van der Waals surface area (Å²) >= 11 is 6.46. The lowest BCUT2D eigenvalue weighted by Crippen LogP contribution is -2.48. The topological polar surface area (TPSA) is 65.4 Å². The molecule has 0 radical (unpaired) electrons. The average molecular weight is 323 g/mol. The number of carboxylic acids is 1. The molecule has 1 aromatic rings. The van der Waals surface area contributed by atoms with E-state index in [-0.39, 0.29) is 17.2 Å². The Bertz CT molecular complexity index is 643. The summed E-state index contributed by atoms with van der Waals surface area (Å²) < 4.78 is 2.48. The van der Waals surface area contributed by atoms with Crippen LogP contribution in [0.1, 0.15) is 18.0 Å². The standard InChI is InChI=1S/C14H16N2O3S2/c17-12-3-1-2-11-10-4-9(6-16(11)12)5-15(7-10)14(20)21-8-13(18)19/h1-3,9-10H,4-8H2,(H,18,19)/p-1/t9-,10+/m1/s1. The van der Waals surface area contributed by atoms with Crippen LogP contribution in [-0.4, -0.2) is 38.6 Å². The molecule has 1 saturated heterocycles. The lowest BCUT2D eigenvalue weighted by molar-refractivity contribution is -0.301. The molecule has 7 heteroatoms. The largest absolute Gasteiger partial charge is 0.549 e. The van der Waals surface area contributed by atoms with Crippen LogP contribution in [0.3, 0.4) is 0 Å². The molecule has 3 heterocycles. The number of piperidine rings is 1. The predicted octanol–water partition coefficient (Wildman–Crippen LogP) is 0.0354. The highest BCUT2D eigenvalue weighted by Gasteiger charge is 2.35. The van der Waals surface area contributed by atoms with Gasteiger partial charge in [-0.05, 0) is 18.4 Å². The molecule has 5 nitrogen and oxygen atoms in total. The van der Waals surface area contributed by atoms with Gasteiger partial charge in [0.25, 0.3) is 5.56 Å². The van der Waals surface area contributed by atoms with E-state index in [4.69, 9.17) is 12.2 Å². The normalized spacial score (nSPS) is 23.5. The second-order valence-electron chi connectivity index (χ2n) is 5.53. The van der Waals surface area contributed by atoms with Crippen molar-refractivity contribution in [2.75, 3.05) is 18.8 Å². The van der Waals surface area contributed by atoms with Crippen LogP contribution in [0.4, 0.5) is 0 Å². The van der Waals surface area contributed by atoms with Crippen LogP contribution < -0.4 is 10.7 Å². The SMILES string of the molecule is O=C([O-])CSC(=S)N1C[C@H]2C[C@@H](C1)c1cccc(=O)n1C2. The number of fused-ring (bicyclic) bond motifs is 4. The average Bonchev–Trinajstić information content (AvgIpc) is 2.45. The Labute approximate surface area is 131 Å². The Morgan fingerprint density at radius 1 is 1.38 bits per heavy atom. The maximum absolute atomic E-state index is 11.9. The minimum atomic E-state index is -1.10. The van der Waals surface area contributed by atoms with Gasteiger partial charge in [0.05, 0.1) is 5.97 Å². The first-order valence-corrected chi connectivity index (χ1v) is 8.25. The summed E-state index contributed by atoms with van der Waals surface area (Å²) in [6.07, 6.45) is 1.06. The molecule has 0 spiro atoms. The molecule has 0 saturated carbocycles. The number of hydrogen-bond donors (Lipinski definition) is 0. The number of likely N-dealkylation sites (tertiary alicyclic amines) is 1. The molecular formula is C14H15N2O3S2-. The van der Waals surface area contributed by atoms with Gasteiger partial charge < -0.3 is 19.4 Å². The van der Waals surface area contributed by atoms with Crippen molar-refractivity contribution in [2.45, 2.75) is 18.9 Å². The minimum Gasteiger partial charge on any atom is -0.549 e. The fourth-order valence-electron chi connectivity index (χ4n) is 3.26. The number of thioether (sulfide) groups is 1. The van der Waals surface area contributed by atoms with E-state index < -0.39 is 5.97 Å². The Hall–Kier alpha value is -1.34. The zero-order valence-corrected chi connectivity index (χ0v) is 13.0. The summed E-state index contributed by atoms with van der Waals surface area (Å²) in [7, 11) is 0. The molecule has 112 valence electrons. The molecule has 0 aliphatic carbocycles. The molecule has 0 amide bonds. The number of hydrogen-bond acceptors (Lipinski definition) is 5. The van der Waals surface area contributed by atoms with Crippen molar-refractivity contribution in [1.29, 1.82) is 0 Å². The molecule has 21 heavy (non-hydrogen) atoms. The third-order valence-corrected chi connectivity index (χ3v) is 5.55. The third kappa shape index (κ3) is 2.98. The first-order valence-electron chi connectivity index (χ1n) is 6.86. The van der Waals surface area contributed by atoms with Crippen LogP contribution >= 0.6 is 24.0 Å². The van der Waals surface area contributed by atoms with Crippen molar-refractivity contribution >= 4 is 34.3 Å². The molecule has 2 aliphatic heterocycles. The number of rotatable bonds is 2. The van der Waals surface area contributed by atoms with Crippen molar-refractivity contribution in [3.63, 3.8) is 0 Å². The van der Waals surface area contributed by atoms with Gasteiger partial charge in [0, 0.05) is 43.1 Å². The van der Waals surface area contributed by atoms with E-state index in [1.807, 2.05) is 10.6 Å². The van der Waals surface area contributed by atoms with E-state index in [9.17, 15) is 14.7 Å². The van der Waals surface area contributed by atoms with Gasteiger partial charge in [-0.1, -0.05) is 30.0 Å². The van der Waals surface area contributed by atoms with Crippen molar-refractivity contribution in [3.8, 4) is 0 Å². The highest BCUT2D eigenvalue weighted by atomic mass is 32.2. The summed E-state index contributed by atoms with van der Waals surface area (Å²) in [6, 6.07) is 5.41. The van der Waals surface area contributed by atoms with E-state index >= 15 is 0 Å². The number of carboxylic acid groups (broad SMARTS) is 1. The molecular weight excluding hydrogens is 308 g/mol. The van der Waals surface area contributed by atoms with E-state index in [2.05, 4.69) is 4.90 Å². The van der Waals surface area contributed by atoms with Gasteiger partial charge in [0.1, 0.15) is 4.32 Å². The van der Waals surface area contributed by atoms with Crippen LogP contribution in [0.5, 0.6) is 0 Å². The Kier molecular flexibility index (Phi) is 4.03. The number of carbonyl (C=O) groups excluding carboxylic acids is 1. The third-order valence-electron chi connectivity index (χ3n) is 4.05. The van der Waals surface area contributed by atoms with Crippen LogP contribution in [0.25, 0.3) is 0 Å². The quantitative estimate of drug-likeness (QED) is 0.716. The number of pyridine rings is 1. The van der Waals surface area contributed by atoms with Gasteiger partial charge in [-0.25, -0.2) is 0 Å². The van der Waals surface area contributed by atoms with E-state index in [0.717, 1.165) is 43.5 Å². The van der Waals surface area contributed by atoms with Gasteiger partial charge in [0.15, 0.2) is 0 Å². The van der Waals surface area contributed by atoms with Gasteiger partial charge in [-0.15, -0.1) is 0 Å². The molecule has 2 bridgehead atoms. The molecule has 0 unspecified atom stereocenters. The minimum absolute atomic E-state index is 0.0598. The van der Waals surface area contributed by atoms with Crippen LogP contribution in [0.2, 0.25) is 0 Å². The summed E-state index contributed by atoms with van der Waals surface area (Å²) in [6.45, 7) is 2.25. The summed E-state index contributed by atoms with van der Waals surface area (Å²) in [5.74, 6) is -0.539. The van der Waals surface area contributed by atoms with E-state index in [1.54, 1.807) is 12.1 Å². The molecule has 2 aliphatic rings. The van der Waals surface area contributed by atoms with Gasteiger partial charge in [-0.3, -0.25) is 4.79 Å². The second kappa shape index (κ2) is 5.81. The van der Waals surface area contributed by atoms with E-state index in [1.165, 1.54) is 0 Å². The highest BCUT2D eigenvalue weighted by molar-refractivity contribution is 8.23. The fraction of sp³-hybridized carbons (Fsp3) is 0.500. The maximum atomic E-state index is 11.9. The number of aromatic nitrogens is 1. The van der Waals surface area contributed by atoms with Crippen molar-refractivity contribution < 1.29 is 9.90 Å². The zero-order valence-electron chi connectivity index (χ0n) is 11.4. The van der Waals surface area contributed by atoms with Crippen molar-refractivity contribution in [3.05, 3.63) is 34.2 Å². The number of aliphatic carboxylic acids is 1. The zero-order chi connectivity index (χ0) is 15.0. The van der Waals surface area contributed by atoms with Crippen LogP contribution in [0.15, 0.2) is 23.0 Å². The Balaban J connectivity index is 1.77. The predicted molar refractivity (Wildman–Crippen MR) is 83.2 cm³/mol. The van der Waals surface area contributed by atoms with E-state index in [0.29, 0.717) is 10.2 Å². The van der Waals surface area contributed by atoms with Crippen LogP contribution in [0, 0.1) is 5.92 Å². The smallest absolute Gasteiger partial charge is 0.250 e. The fourth-order valence-corrected chi connectivity index (χ4v) is 4.16. The van der Waals surface area contributed by atoms with Crippen molar-refractivity contribution in [2.24, 2.45) is 5.92 Å². The molecule has 3 rings (SSSR count). The monoisotopic (exact) mass is 323 g/mol. The van der Waals surface area contributed by atoms with Gasteiger partial charge in [-0.2, -0.15) is 0 Å². The number of thiocarbonyl (C=S) groups is 1. The maximum Gasteiger partial charge on any atom is 0.250 e. The highest BCUT2D eigenvalue weighted by Crippen LogP contribution is 2.35. The molecule has 2 atom stereocenters. The Morgan fingerprint density at radius 3 is 2.95 bits per heavy atom. The summed E-state index contributed by atoms with van der Waals surface area (Å²) in [4.78, 5) is 24.5. The first-order chi connectivity index (χ1) is 10.0. The van der Waals surface area contributed by atoms with Gasteiger partial charge >= 0.3 is 0 Å². The lowest BCUT2D eigenvalue weighted by atomic mass is 9.83.